The Kier molecular flexibility index (Phi) is 2.47. The number of hydrogen-bond acceptors (Lipinski definition) is 1. The summed E-state index contributed by atoms with van der Waals surface area (Å²) in [7, 11) is 0. The minimum atomic E-state index is -1.63. The Labute approximate surface area is 95.5 Å². The van der Waals surface area contributed by atoms with Gasteiger partial charge in [0.2, 0.25) is 0 Å². The Hall–Kier alpha value is -2.15. The van der Waals surface area contributed by atoms with Crippen LogP contribution in [-0.2, 0) is 0 Å². The van der Waals surface area contributed by atoms with Crippen LogP contribution in [0.4, 0.5) is 13.2 Å². The van der Waals surface area contributed by atoms with Crippen molar-refractivity contribution in [1.29, 1.82) is 0 Å². The van der Waals surface area contributed by atoms with Crippen LogP contribution in [0.1, 0.15) is 11.1 Å². The second kappa shape index (κ2) is 3.70. The molecule has 0 aliphatic heterocycles. The summed E-state index contributed by atoms with van der Waals surface area (Å²) in [5.74, 6) is -2.59. The van der Waals surface area contributed by atoms with E-state index in [1.807, 2.05) is 5.92 Å². The van der Waals surface area contributed by atoms with E-state index in [0.29, 0.717) is 5.56 Å². The van der Waals surface area contributed by atoms with Crippen LogP contribution >= 0.6 is 0 Å². The molecule has 0 saturated heterocycles. The predicted molar refractivity (Wildman–Crippen MR) is 58.2 cm³/mol. The zero-order valence-electron chi connectivity index (χ0n) is 8.81. The van der Waals surface area contributed by atoms with Gasteiger partial charge in [-0.25, -0.2) is 13.2 Å². The van der Waals surface area contributed by atoms with Crippen molar-refractivity contribution < 1.29 is 18.3 Å². The molecule has 1 nitrogen and oxygen atoms in total. The lowest BCUT2D eigenvalue weighted by Crippen LogP contribution is -1.99. The van der Waals surface area contributed by atoms with Crippen molar-refractivity contribution in [3.05, 3.63) is 40.7 Å². The Bertz CT molecular complexity index is 669. The first kappa shape index (κ1) is 11.3. The number of terminal acetylenes is 1. The van der Waals surface area contributed by atoms with Crippen LogP contribution in [0.15, 0.2) is 12.1 Å². The average Bonchev–Trinajstić information content (AvgIpc) is 2.28. The Morgan fingerprint density at radius 2 is 1.76 bits per heavy atom. The van der Waals surface area contributed by atoms with Crippen LogP contribution in [0, 0.1) is 36.7 Å². The van der Waals surface area contributed by atoms with Crippen molar-refractivity contribution in [3.8, 4) is 18.1 Å². The van der Waals surface area contributed by atoms with E-state index in [-0.39, 0.29) is 22.1 Å². The van der Waals surface area contributed by atoms with Gasteiger partial charge in [0, 0.05) is 10.8 Å². The number of rotatable bonds is 0. The normalized spacial score (nSPS) is 10.5. The molecule has 0 atom stereocenters. The van der Waals surface area contributed by atoms with Crippen molar-refractivity contribution in [2.75, 3.05) is 0 Å². The maximum Gasteiger partial charge on any atom is 0.196 e. The summed E-state index contributed by atoms with van der Waals surface area (Å²) in [5.41, 5.74) is 0.0437. The molecular formula is C13H7F3O. The molecule has 0 bridgehead atoms. The molecular weight excluding hydrogens is 229 g/mol. The van der Waals surface area contributed by atoms with E-state index in [4.69, 9.17) is 6.42 Å². The van der Waals surface area contributed by atoms with E-state index in [0.717, 1.165) is 6.07 Å². The second-order valence-electron chi connectivity index (χ2n) is 3.65. The first-order valence-electron chi connectivity index (χ1n) is 4.73. The molecule has 0 saturated carbocycles. The molecule has 1 N–H and O–H groups in total. The molecule has 4 heteroatoms. The van der Waals surface area contributed by atoms with E-state index in [1.54, 1.807) is 0 Å². The smallest absolute Gasteiger partial charge is 0.196 e. The summed E-state index contributed by atoms with van der Waals surface area (Å²) in [6.07, 6.45) is 5.10. The molecule has 0 fully saturated rings. The Morgan fingerprint density at radius 1 is 1.12 bits per heavy atom. The minimum absolute atomic E-state index is 0.0988. The molecule has 0 spiro atoms. The molecule has 2 rings (SSSR count). The van der Waals surface area contributed by atoms with E-state index in [2.05, 4.69) is 0 Å². The lowest BCUT2D eigenvalue weighted by molar-refractivity contribution is 0.450. The summed E-state index contributed by atoms with van der Waals surface area (Å²) >= 11 is 0. The lowest BCUT2D eigenvalue weighted by atomic mass is 9.98. The predicted octanol–water partition coefficient (Wildman–Crippen LogP) is 3.25. The highest BCUT2D eigenvalue weighted by atomic mass is 19.2. The zero-order chi connectivity index (χ0) is 12.7. The fourth-order valence-corrected chi connectivity index (χ4v) is 1.84. The van der Waals surface area contributed by atoms with Crippen molar-refractivity contribution in [2.24, 2.45) is 0 Å². The highest BCUT2D eigenvalue weighted by Gasteiger charge is 2.20. The number of hydrogen-bond donors (Lipinski definition) is 1. The van der Waals surface area contributed by atoms with Crippen LogP contribution < -0.4 is 0 Å². The molecule has 0 aromatic heterocycles. The Balaban J connectivity index is 3.13. The third-order valence-electron chi connectivity index (χ3n) is 2.56. The molecule has 0 unspecified atom stereocenters. The maximum absolute atomic E-state index is 13.5. The third kappa shape index (κ3) is 1.51. The van der Waals surface area contributed by atoms with E-state index < -0.39 is 17.5 Å². The fourth-order valence-electron chi connectivity index (χ4n) is 1.84. The molecule has 17 heavy (non-hydrogen) atoms. The topological polar surface area (TPSA) is 20.2 Å². The summed E-state index contributed by atoms with van der Waals surface area (Å²) in [6.45, 7) is 1.53. The quantitative estimate of drug-likeness (QED) is 0.550. The molecule has 0 aliphatic rings. The second-order valence-corrected chi connectivity index (χ2v) is 3.65. The first-order valence-corrected chi connectivity index (χ1v) is 4.73. The standard InChI is InChI=1S/C13H7F3O/c1-3-8-10-6(2)4-7(17)5-9(10)12(15)13(16)11(8)14/h1,4-5,17H,2H3. The van der Waals surface area contributed by atoms with Gasteiger partial charge in [0.1, 0.15) is 5.75 Å². The van der Waals surface area contributed by atoms with Crippen LogP contribution in [0.3, 0.4) is 0 Å². The summed E-state index contributed by atoms with van der Waals surface area (Å²) in [4.78, 5) is 0. The number of aryl methyl sites for hydroxylation is 1. The van der Waals surface area contributed by atoms with Crippen LogP contribution in [0.25, 0.3) is 10.8 Å². The van der Waals surface area contributed by atoms with Crippen LogP contribution in [0.5, 0.6) is 5.75 Å². The van der Waals surface area contributed by atoms with Gasteiger partial charge in [0.05, 0.1) is 5.56 Å². The van der Waals surface area contributed by atoms with Gasteiger partial charge >= 0.3 is 0 Å². The molecule has 2 aromatic carbocycles. The molecule has 0 aliphatic carbocycles. The number of phenols is 1. The van der Waals surface area contributed by atoms with Gasteiger partial charge in [-0.2, -0.15) is 0 Å². The van der Waals surface area contributed by atoms with Crippen molar-refractivity contribution in [2.45, 2.75) is 6.92 Å². The summed E-state index contributed by atoms with van der Waals surface area (Å²) in [6, 6.07) is 2.32. The largest absolute Gasteiger partial charge is 0.508 e. The van der Waals surface area contributed by atoms with Crippen molar-refractivity contribution >= 4 is 10.8 Å². The first-order chi connectivity index (χ1) is 7.97. The monoisotopic (exact) mass is 236 g/mol. The molecule has 2 aromatic rings. The van der Waals surface area contributed by atoms with Gasteiger partial charge < -0.3 is 5.11 Å². The summed E-state index contributed by atoms with van der Waals surface area (Å²) in [5, 5.41) is 9.20. The van der Waals surface area contributed by atoms with E-state index in [9.17, 15) is 18.3 Å². The molecule has 0 heterocycles. The zero-order valence-corrected chi connectivity index (χ0v) is 8.81. The van der Waals surface area contributed by atoms with Gasteiger partial charge in [-0.15, -0.1) is 6.42 Å². The number of halogens is 3. The van der Waals surface area contributed by atoms with Gasteiger partial charge in [-0.3, -0.25) is 0 Å². The van der Waals surface area contributed by atoms with Crippen molar-refractivity contribution in [3.63, 3.8) is 0 Å². The number of phenolic OH excluding ortho intramolecular Hbond substituents is 1. The van der Waals surface area contributed by atoms with Crippen LogP contribution in [0.2, 0.25) is 0 Å². The van der Waals surface area contributed by atoms with Gasteiger partial charge in [-0.05, 0) is 24.6 Å². The maximum atomic E-state index is 13.5. The minimum Gasteiger partial charge on any atom is -0.508 e. The SMILES string of the molecule is C#Cc1c(F)c(F)c(F)c2cc(O)cc(C)c12. The highest BCUT2D eigenvalue weighted by Crippen LogP contribution is 2.32. The number of fused-ring (bicyclic) bond motifs is 1. The molecule has 0 amide bonds. The third-order valence-corrected chi connectivity index (χ3v) is 2.56. The van der Waals surface area contributed by atoms with Crippen molar-refractivity contribution in [1.82, 2.24) is 0 Å². The summed E-state index contributed by atoms with van der Waals surface area (Å²) < 4.78 is 40.2. The van der Waals surface area contributed by atoms with Gasteiger partial charge in [0.15, 0.2) is 17.5 Å². The highest BCUT2D eigenvalue weighted by molar-refractivity contribution is 5.92. The number of benzene rings is 2. The van der Waals surface area contributed by atoms with E-state index in [1.165, 1.54) is 13.0 Å². The lowest BCUT2D eigenvalue weighted by Gasteiger charge is -2.09. The molecule has 0 radical (unpaired) electrons. The Morgan fingerprint density at radius 3 is 2.35 bits per heavy atom. The molecule has 86 valence electrons. The number of aromatic hydroxyl groups is 1. The average molecular weight is 236 g/mol. The van der Waals surface area contributed by atoms with E-state index >= 15 is 0 Å². The van der Waals surface area contributed by atoms with Crippen LogP contribution in [-0.4, -0.2) is 5.11 Å². The fraction of sp³-hybridized carbons (Fsp3) is 0.0769. The van der Waals surface area contributed by atoms with Gasteiger partial charge in [0.25, 0.3) is 0 Å². The van der Waals surface area contributed by atoms with Gasteiger partial charge in [-0.1, -0.05) is 5.92 Å².